The molecule has 1 amide bonds. The van der Waals surface area contributed by atoms with Crippen LogP contribution in [0.4, 0.5) is 0 Å². The Labute approximate surface area is 135 Å². The van der Waals surface area contributed by atoms with Gasteiger partial charge in [-0.3, -0.25) is 4.79 Å². The van der Waals surface area contributed by atoms with Crippen LogP contribution in [0.2, 0.25) is 0 Å². The van der Waals surface area contributed by atoms with E-state index in [2.05, 4.69) is 10.3 Å². The fraction of sp³-hybridized carbons (Fsp3) is 0.294. The molecule has 1 aromatic heterocycles. The van der Waals surface area contributed by atoms with Crippen LogP contribution in [-0.2, 0) is 0 Å². The molecule has 1 atom stereocenters. The molecule has 122 valence electrons. The number of ether oxygens (including phenoxy) is 3. The molecule has 0 fully saturated rings. The molecule has 0 radical (unpaired) electrons. The number of carbonyl (C=O) groups excluding carboxylic acids is 1. The van der Waals surface area contributed by atoms with Crippen LogP contribution in [0.3, 0.4) is 0 Å². The molecular weight excluding hydrogens is 296 g/mol. The lowest BCUT2D eigenvalue weighted by molar-refractivity contribution is 0.0939. The highest BCUT2D eigenvalue weighted by molar-refractivity contribution is 5.94. The summed E-state index contributed by atoms with van der Waals surface area (Å²) < 4.78 is 15.5. The van der Waals surface area contributed by atoms with Gasteiger partial charge in [0.2, 0.25) is 5.88 Å². The van der Waals surface area contributed by atoms with Gasteiger partial charge in [0.15, 0.2) is 11.5 Å². The molecular formula is C17H20N2O4. The van der Waals surface area contributed by atoms with Gasteiger partial charge in [-0.1, -0.05) is 6.07 Å². The number of nitrogens with zero attached hydrogens (tertiary/aromatic N) is 1. The molecule has 0 spiro atoms. The summed E-state index contributed by atoms with van der Waals surface area (Å²) in [6.45, 7) is 1.90. The van der Waals surface area contributed by atoms with Crippen molar-refractivity contribution < 1.29 is 19.0 Å². The summed E-state index contributed by atoms with van der Waals surface area (Å²) in [5.41, 5.74) is 1.40. The number of aromatic nitrogens is 1. The number of carbonyl (C=O) groups is 1. The topological polar surface area (TPSA) is 69.7 Å². The van der Waals surface area contributed by atoms with E-state index < -0.39 is 0 Å². The average Bonchev–Trinajstić information content (AvgIpc) is 2.60. The zero-order chi connectivity index (χ0) is 16.8. The molecule has 1 aromatic carbocycles. The number of benzene rings is 1. The van der Waals surface area contributed by atoms with Crippen molar-refractivity contribution in [2.24, 2.45) is 0 Å². The molecule has 0 aliphatic rings. The lowest BCUT2D eigenvalue weighted by Crippen LogP contribution is -2.26. The molecule has 0 aliphatic carbocycles. The van der Waals surface area contributed by atoms with Crippen LogP contribution >= 0.6 is 0 Å². The maximum absolute atomic E-state index is 12.3. The second kappa shape index (κ2) is 7.49. The molecule has 0 aliphatic heterocycles. The first kappa shape index (κ1) is 16.6. The second-order valence-corrected chi connectivity index (χ2v) is 4.90. The van der Waals surface area contributed by atoms with Crippen LogP contribution in [0.25, 0.3) is 0 Å². The minimum atomic E-state index is -0.201. The highest BCUT2D eigenvalue weighted by Crippen LogP contribution is 2.29. The summed E-state index contributed by atoms with van der Waals surface area (Å²) in [6, 6.07) is 8.58. The Morgan fingerprint density at radius 3 is 2.43 bits per heavy atom. The van der Waals surface area contributed by atoms with Gasteiger partial charge < -0.3 is 19.5 Å². The average molecular weight is 316 g/mol. The molecule has 1 unspecified atom stereocenters. The predicted octanol–water partition coefficient (Wildman–Crippen LogP) is 2.60. The number of rotatable bonds is 6. The first-order chi connectivity index (χ1) is 11.1. The number of pyridine rings is 1. The quantitative estimate of drug-likeness (QED) is 0.887. The van der Waals surface area contributed by atoms with Gasteiger partial charge in [-0.15, -0.1) is 0 Å². The van der Waals surface area contributed by atoms with Crippen molar-refractivity contribution in [3.8, 4) is 17.4 Å². The summed E-state index contributed by atoms with van der Waals surface area (Å²) in [4.78, 5) is 16.3. The van der Waals surface area contributed by atoms with Crippen LogP contribution in [0.1, 0.15) is 28.9 Å². The number of methoxy groups -OCH3 is 3. The van der Waals surface area contributed by atoms with E-state index in [-0.39, 0.29) is 11.9 Å². The van der Waals surface area contributed by atoms with Crippen LogP contribution < -0.4 is 19.5 Å². The molecule has 23 heavy (non-hydrogen) atoms. The van der Waals surface area contributed by atoms with Crippen molar-refractivity contribution in [1.82, 2.24) is 10.3 Å². The van der Waals surface area contributed by atoms with Crippen molar-refractivity contribution in [3.63, 3.8) is 0 Å². The molecule has 1 heterocycles. The van der Waals surface area contributed by atoms with Crippen molar-refractivity contribution in [2.75, 3.05) is 21.3 Å². The fourth-order valence-electron chi connectivity index (χ4n) is 2.15. The molecule has 0 saturated carbocycles. The molecule has 0 bridgehead atoms. The van der Waals surface area contributed by atoms with Crippen molar-refractivity contribution in [3.05, 3.63) is 47.7 Å². The Kier molecular flexibility index (Phi) is 5.41. The van der Waals surface area contributed by atoms with Gasteiger partial charge in [0.25, 0.3) is 5.91 Å². The Balaban J connectivity index is 2.14. The van der Waals surface area contributed by atoms with E-state index in [0.29, 0.717) is 22.9 Å². The largest absolute Gasteiger partial charge is 0.493 e. The molecule has 2 aromatic rings. The number of amides is 1. The van der Waals surface area contributed by atoms with Gasteiger partial charge in [0, 0.05) is 17.8 Å². The Morgan fingerprint density at radius 2 is 1.78 bits per heavy atom. The predicted molar refractivity (Wildman–Crippen MR) is 86.2 cm³/mol. The number of nitrogens with one attached hydrogen (secondary N) is 1. The van der Waals surface area contributed by atoms with Gasteiger partial charge in [0.1, 0.15) is 0 Å². The van der Waals surface area contributed by atoms with Crippen molar-refractivity contribution >= 4 is 5.91 Å². The second-order valence-electron chi connectivity index (χ2n) is 4.90. The van der Waals surface area contributed by atoms with Crippen LogP contribution in [0.5, 0.6) is 17.4 Å². The highest BCUT2D eigenvalue weighted by atomic mass is 16.5. The van der Waals surface area contributed by atoms with Gasteiger partial charge >= 0.3 is 0 Å². The van der Waals surface area contributed by atoms with Gasteiger partial charge in [-0.2, -0.15) is 0 Å². The van der Waals surface area contributed by atoms with E-state index in [1.807, 2.05) is 25.1 Å². The van der Waals surface area contributed by atoms with Crippen LogP contribution in [0, 0.1) is 0 Å². The van der Waals surface area contributed by atoms with E-state index in [4.69, 9.17) is 14.2 Å². The van der Waals surface area contributed by atoms with Crippen molar-refractivity contribution in [1.29, 1.82) is 0 Å². The number of hydrogen-bond donors (Lipinski definition) is 1. The lowest BCUT2D eigenvalue weighted by Gasteiger charge is -2.16. The minimum Gasteiger partial charge on any atom is -0.493 e. The standard InChI is InChI=1S/C17H20N2O4/c1-11(12-5-6-14(21-2)15(9-12)22-3)19-17(20)13-7-8-18-16(10-13)23-4/h5-11H,1-4H3,(H,19,20). The first-order valence-corrected chi connectivity index (χ1v) is 7.12. The van der Waals surface area contributed by atoms with Gasteiger partial charge in [-0.25, -0.2) is 4.98 Å². The molecule has 1 N–H and O–H groups in total. The summed E-state index contributed by atoms with van der Waals surface area (Å²) in [6.07, 6.45) is 1.54. The molecule has 6 heteroatoms. The summed E-state index contributed by atoms with van der Waals surface area (Å²) in [7, 11) is 4.67. The zero-order valence-corrected chi connectivity index (χ0v) is 13.6. The Morgan fingerprint density at radius 1 is 1.04 bits per heavy atom. The summed E-state index contributed by atoms with van der Waals surface area (Å²) in [5, 5.41) is 2.93. The molecule has 6 nitrogen and oxygen atoms in total. The van der Waals surface area contributed by atoms with E-state index >= 15 is 0 Å². The number of hydrogen-bond acceptors (Lipinski definition) is 5. The fourth-order valence-corrected chi connectivity index (χ4v) is 2.15. The third-order valence-corrected chi connectivity index (χ3v) is 3.46. The monoisotopic (exact) mass is 316 g/mol. The Hall–Kier alpha value is -2.76. The summed E-state index contributed by atoms with van der Waals surface area (Å²) >= 11 is 0. The lowest BCUT2D eigenvalue weighted by atomic mass is 10.1. The van der Waals surface area contributed by atoms with E-state index in [9.17, 15) is 4.79 Å². The van der Waals surface area contributed by atoms with E-state index in [1.54, 1.807) is 26.4 Å². The molecule has 2 rings (SSSR count). The highest BCUT2D eigenvalue weighted by Gasteiger charge is 2.14. The maximum atomic E-state index is 12.3. The first-order valence-electron chi connectivity index (χ1n) is 7.12. The normalized spacial score (nSPS) is 11.5. The van der Waals surface area contributed by atoms with E-state index in [1.165, 1.54) is 13.3 Å². The zero-order valence-electron chi connectivity index (χ0n) is 13.6. The van der Waals surface area contributed by atoms with E-state index in [0.717, 1.165) is 5.56 Å². The summed E-state index contributed by atoms with van der Waals surface area (Å²) in [5.74, 6) is 1.47. The third-order valence-electron chi connectivity index (χ3n) is 3.46. The third kappa shape index (κ3) is 3.91. The van der Waals surface area contributed by atoms with Gasteiger partial charge in [0.05, 0.1) is 27.4 Å². The SMILES string of the molecule is COc1cc(C(=O)NC(C)c2ccc(OC)c(OC)c2)ccn1. The Bertz CT molecular complexity index is 688. The van der Waals surface area contributed by atoms with Gasteiger partial charge in [-0.05, 0) is 30.7 Å². The molecule has 0 saturated heterocycles. The van der Waals surface area contributed by atoms with Crippen LogP contribution in [-0.4, -0.2) is 32.2 Å². The smallest absolute Gasteiger partial charge is 0.252 e. The minimum absolute atomic E-state index is 0.193. The maximum Gasteiger partial charge on any atom is 0.252 e. The van der Waals surface area contributed by atoms with Crippen molar-refractivity contribution in [2.45, 2.75) is 13.0 Å². The van der Waals surface area contributed by atoms with Crippen LogP contribution in [0.15, 0.2) is 36.5 Å².